The number of aryl methyl sites for hydroxylation is 1. The molecule has 0 N–H and O–H groups in total. The van der Waals surface area contributed by atoms with Gasteiger partial charge in [-0.3, -0.25) is 0 Å². The lowest BCUT2D eigenvalue weighted by Crippen LogP contribution is -2.14. The first kappa shape index (κ1) is 20.7. The highest BCUT2D eigenvalue weighted by molar-refractivity contribution is 9.10. The molecular formula is C19H25BrN4OS. The van der Waals surface area contributed by atoms with Gasteiger partial charge in [-0.25, -0.2) is 9.98 Å². The Kier molecular flexibility index (Phi) is 7.90. The molecule has 0 atom stereocenters. The summed E-state index contributed by atoms with van der Waals surface area (Å²) in [6, 6.07) is 5.69. The van der Waals surface area contributed by atoms with Crippen LogP contribution < -0.4 is 4.74 Å². The number of hydrogen-bond donors (Lipinski definition) is 0. The molecule has 0 saturated heterocycles. The van der Waals surface area contributed by atoms with Gasteiger partial charge >= 0.3 is 0 Å². The highest BCUT2D eigenvalue weighted by Gasteiger charge is 2.09. The molecule has 1 aromatic heterocycles. The summed E-state index contributed by atoms with van der Waals surface area (Å²) in [5.74, 6) is 2.81. The van der Waals surface area contributed by atoms with Crippen LogP contribution in [0.3, 0.4) is 0 Å². The molecule has 0 fully saturated rings. The topological polar surface area (TPSA) is 50.6 Å². The van der Waals surface area contributed by atoms with Crippen LogP contribution in [0.4, 0.5) is 5.69 Å². The van der Waals surface area contributed by atoms with E-state index in [1.165, 1.54) is 0 Å². The van der Waals surface area contributed by atoms with E-state index in [9.17, 15) is 0 Å². The molecule has 0 unspecified atom stereocenters. The van der Waals surface area contributed by atoms with Crippen molar-refractivity contribution < 1.29 is 4.74 Å². The third-order valence-corrected chi connectivity index (χ3v) is 5.42. The van der Waals surface area contributed by atoms with Gasteiger partial charge in [0.1, 0.15) is 5.75 Å². The largest absolute Gasteiger partial charge is 0.438 e. The molecule has 1 heterocycles. The van der Waals surface area contributed by atoms with E-state index in [0.717, 1.165) is 33.2 Å². The number of aromatic nitrogens is 2. The third kappa shape index (κ3) is 6.29. The Morgan fingerprint density at radius 3 is 2.85 bits per heavy atom. The highest BCUT2D eigenvalue weighted by atomic mass is 79.9. The summed E-state index contributed by atoms with van der Waals surface area (Å²) in [6.07, 6.45) is 3.56. The van der Waals surface area contributed by atoms with Crippen molar-refractivity contribution in [3.63, 3.8) is 0 Å². The van der Waals surface area contributed by atoms with E-state index in [1.54, 1.807) is 24.0 Å². The first-order valence-corrected chi connectivity index (χ1v) is 10.3. The minimum absolute atomic E-state index is 0.535. The number of halogens is 1. The van der Waals surface area contributed by atoms with Gasteiger partial charge < -0.3 is 9.64 Å². The van der Waals surface area contributed by atoms with Gasteiger partial charge in [-0.15, -0.1) is 0 Å². The van der Waals surface area contributed by atoms with E-state index in [4.69, 9.17) is 4.74 Å². The number of aliphatic imine (C=N–C) groups is 1. The highest BCUT2D eigenvalue weighted by Crippen LogP contribution is 2.35. The second-order valence-corrected chi connectivity index (χ2v) is 8.21. The predicted molar refractivity (Wildman–Crippen MR) is 113 cm³/mol. The van der Waals surface area contributed by atoms with Crippen LogP contribution in [0.1, 0.15) is 26.3 Å². The number of rotatable bonds is 8. The number of thioether (sulfide) groups is 1. The molecule has 5 nitrogen and oxygen atoms in total. The van der Waals surface area contributed by atoms with E-state index in [2.05, 4.69) is 51.7 Å². The summed E-state index contributed by atoms with van der Waals surface area (Å²) in [6.45, 7) is 9.36. The lowest BCUT2D eigenvalue weighted by Gasteiger charge is -2.12. The second kappa shape index (κ2) is 9.92. The van der Waals surface area contributed by atoms with Crippen LogP contribution in [0.5, 0.6) is 11.6 Å². The molecule has 0 radical (unpaired) electrons. The van der Waals surface area contributed by atoms with E-state index in [-0.39, 0.29) is 0 Å². The van der Waals surface area contributed by atoms with E-state index in [1.807, 2.05) is 37.3 Å². The summed E-state index contributed by atoms with van der Waals surface area (Å²) in [7, 11) is 2.00. The second-order valence-electron chi connectivity index (χ2n) is 6.37. The van der Waals surface area contributed by atoms with Crippen LogP contribution in [-0.2, 0) is 0 Å². The molecule has 0 amide bonds. The molecule has 0 aliphatic rings. The Morgan fingerprint density at radius 2 is 2.15 bits per heavy atom. The van der Waals surface area contributed by atoms with E-state index in [0.29, 0.717) is 17.5 Å². The SMILES string of the molecule is CCN(C)C=Nc1cc(Br)c(Oc2ccnc(SCC(C)C)n2)cc1C. The van der Waals surface area contributed by atoms with E-state index >= 15 is 0 Å². The minimum Gasteiger partial charge on any atom is -0.438 e. The lowest BCUT2D eigenvalue weighted by atomic mass is 10.2. The summed E-state index contributed by atoms with van der Waals surface area (Å²) in [4.78, 5) is 15.3. The molecule has 26 heavy (non-hydrogen) atoms. The lowest BCUT2D eigenvalue weighted by molar-refractivity contribution is 0.452. The number of nitrogens with zero attached hydrogens (tertiary/aromatic N) is 4. The van der Waals surface area contributed by atoms with Gasteiger partial charge in [0.25, 0.3) is 0 Å². The summed E-state index contributed by atoms with van der Waals surface area (Å²) in [5, 5.41) is 0.730. The van der Waals surface area contributed by atoms with Crippen LogP contribution in [0.15, 0.2) is 39.0 Å². The van der Waals surface area contributed by atoms with Gasteiger partial charge in [0.05, 0.1) is 16.5 Å². The average Bonchev–Trinajstić information content (AvgIpc) is 2.61. The molecule has 0 bridgehead atoms. The smallest absolute Gasteiger partial charge is 0.223 e. The fourth-order valence-corrected chi connectivity index (χ4v) is 3.09. The number of ether oxygens (including phenoxy) is 1. The zero-order valence-corrected chi connectivity index (χ0v) is 18.3. The van der Waals surface area contributed by atoms with Gasteiger partial charge in [-0.05, 0) is 53.4 Å². The van der Waals surface area contributed by atoms with Crippen molar-refractivity contribution in [1.29, 1.82) is 0 Å². The van der Waals surface area contributed by atoms with Crippen LogP contribution in [0.25, 0.3) is 0 Å². The van der Waals surface area contributed by atoms with Gasteiger partial charge in [0.2, 0.25) is 5.88 Å². The monoisotopic (exact) mass is 436 g/mol. The first-order valence-electron chi connectivity index (χ1n) is 8.57. The summed E-state index contributed by atoms with van der Waals surface area (Å²) < 4.78 is 6.80. The van der Waals surface area contributed by atoms with Gasteiger partial charge in [-0.1, -0.05) is 25.6 Å². The maximum Gasteiger partial charge on any atom is 0.223 e. The maximum atomic E-state index is 5.97. The summed E-state index contributed by atoms with van der Waals surface area (Å²) in [5.41, 5.74) is 1.94. The Bertz CT molecular complexity index is 767. The van der Waals surface area contributed by atoms with Gasteiger partial charge in [0, 0.05) is 31.6 Å². The number of hydrogen-bond acceptors (Lipinski definition) is 5. The van der Waals surface area contributed by atoms with Crippen LogP contribution >= 0.6 is 27.7 Å². The molecule has 2 rings (SSSR count). The fourth-order valence-electron chi connectivity index (χ4n) is 1.91. The van der Waals surface area contributed by atoms with Crippen LogP contribution in [-0.4, -0.2) is 40.6 Å². The van der Waals surface area contributed by atoms with Crippen molar-refractivity contribution in [3.05, 3.63) is 34.4 Å². The molecule has 1 aromatic carbocycles. The molecule has 0 aliphatic carbocycles. The molecule has 7 heteroatoms. The Morgan fingerprint density at radius 1 is 1.38 bits per heavy atom. The molecule has 0 saturated carbocycles. The van der Waals surface area contributed by atoms with Crippen LogP contribution in [0.2, 0.25) is 0 Å². The Balaban J connectivity index is 2.16. The summed E-state index contributed by atoms with van der Waals surface area (Å²) >= 11 is 5.21. The predicted octanol–water partition coefficient (Wildman–Crippen LogP) is 5.70. The quantitative estimate of drug-likeness (QED) is 0.230. The third-order valence-electron chi connectivity index (χ3n) is 3.51. The van der Waals surface area contributed by atoms with Crippen molar-refractivity contribution in [2.75, 3.05) is 19.3 Å². The van der Waals surface area contributed by atoms with E-state index < -0.39 is 0 Å². The Labute approximate surface area is 168 Å². The molecule has 0 aliphatic heterocycles. The standard InChI is InChI=1S/C19H25BrN4OS/c1-6-24(5)12-22-16-10-15(20)17(9-14(16)4)25-18-7-8-21-19(23-18)26-11-13(2)3/h7-10,12-13H,6,11H2,1-5H3. The van der Waals surface area contributed by atoms with Crippen LogP contribution in [0, 0.1) is 12.8 Å². The minimum atomic E-state index is 0.535. The Hall–Kier alpha value is -1.60. The van der Waals surface area contributed by atoms with Gasteiger partial charge in [0.15, 0.2) is 5.16 Å². The van der Waals surface area contributed by atoms with Crippen molar-refractivity contribution in [3.8, 4) is 11.6 Å². The van der Waals surface area contributed by atoms with Gasteiger partial charge in [-0.2, -0.15) is 4.98 Å². The normalized spacial score (nSPS) is 11.3. The zero-order valence-electron chi connectivity index (χ0n) is 15.9. The fraction of sp³-hybridized carbons (Fsp3) is 0.421. The van der Waals surface area contributed by atoms with Crippen molar-refractivity contribution in [1.82, 2.24) is 14.9 Å². The molecular weight excluding hydrogens is 412 g/mol. The zero-order chi connectivity index (χ0) is 19.1. The number of benzene rings is 1. The first-order chi connectivity index (χ1) is 12.4. The molecule has 0 spiro atoms. The van der Waals surface area contributed by atoms with Crippen molar-refractivity contribution in [2.45, 2.75) is 32.9 Å². The van der Waals surface area contributed by atoms with Crippen molar-refractivity contribution >= 4 is 39.7 Å². The molecule has 140 valence electrons. The average molecular weight is 437 g/mol. The maximum absolute atomic E-state index is 5.97. The van der Waals surface area contributed by atoms with Crippen molar-refractivity contribution in [2.24, 2.45) is 10.9 Å². The molecule has 2 aromatic rings.